The van der Waals surface area contributed by atoms with Crippen molar-refractivity contribution in [3.05, 3.63) is 273 Å². The Bertz CT molecular complexity index is 3300. The molecule has 11 aromatic rings. The van der Waals surface area contributed by atoms with Crippen molar-refractivity contribution in [2.75, 3.05) is 4.90 Å². The second-order valence-corrected chi connectivity index (χ2v) is 16.6. The zero-order chi connectivity index (χ0) is 43.4. The second kappa shape index (κ2) is 17.7. The van der Waals surface area contributed by atoms with E-state index in [9.17, 15) is 0 Å². The smallest absolute Gasteiger partial charge is 0.0546 e. The molecule has 0 aliphatic heterocycles. The fourth-order valence-electron chi connectivity index (χ4n) is 9.03. The van der Waals surface area contributed by atoms with E-state index in [1.807, 2.05) is 0 Å². The molecule has 0 saturated heterocycles. The quantitative estimate of drug-likeness (QED) is 0.133. The molecule has 11 rings (SSSR count). The molecule has 0 fully saturated rings. The van der Waals surface area contributed by atoms with Crippen LogP contribution in [0.15, 0.2) is 273 Å². The minimum Gasteiger partial charge on any atom is -0.310 e. The molecule has 0 N–H and O–H groups in total. The lowest BCUT2D eigenvalue weighted by Gasteiger charge is -2.29. The van der Waals surface area contributed by atoms with Gasteiger partial charge in [0.1, 0.15) is 0 Å². The number of anilines is 3. The molecule has 0 aliphatic carbocycles. The number of nitrogens with zero attached hydrogens (tertiary/aromatic N) is 1. The average Bonchev–Trinajstić information content (AvgIpc) is 3.40. The lowest BCUT2D eigenvalue weighted by molar-refractivity contribution is 1.28. The molecule has 0 heterocycles. The highest BCUT2D eigenvalue weighted by molar-refractivity contribution is 5.94. The predicted octanol–water partition coefficient (Wildman–Crippen LogP) is 18.0. The first-order chi connectivity index (χ1) is 32.2. The molecule has 1 nitrogen and oxygen atoms in total. The highest BCUT2D eigenvalue weighted by Gasteiger charge is 2.20. The summed E-state index contributed by atoms with van der Waals surface area (Å²) in [4.78, 5) is 2.43. The number of hydrogen-bond donors (Lipinski definition) is 0. The van der Waals surface area contributed by atoms with Gasteiger partial charge in [-0.2, -0.15) is 0 Å². The van der Waals surface area contributed by atoms with Crippen LogP contribution in [-0.2, 0) is 0 Å². The second-order valence-electron chi connectivity index (χ2n) is 16.6. The zero-order valence-corrected chi connectivity index (χ0v) is 35.9. The van der Waals surface area contributed by atoms with Gasteiger partial charge in [0, 0.05) is 16.9 Å². The van der Waals surface area contributed by atoms with E-state index in [4.69, 9.17) is 0 Å². The van der Waals surface area contributed by atoms with Gasteiger partial charge in [0.15, 0.2) is 0 Å². The van der Waals surface area contributed by atoms with Crippen molar-refractivity contribution in [1.29, 1.82) is 0 Å². The summed E-state index contributed by atoms with van der Waals surface area (Å²) in [5.74, 6) is 0. The molecule has 65 heavy (non-hydrogen) atoms. The highest BCUT2D eigenvalue weighted by Crippen LogP contribution is 2.44. The van der Waals surface area contributed by atoms with Crippen LogP contribution in [0.2, 0.25) is 0 Å². The van der Waals surface area contributed by atoms with Crippen LogP contribution >= 0.6 is 0 Å². The van der Waals surface area contributed by atoms with Crippen molar-refractivity contribution in [1.82, 2.24) is 0 Å². The van der Waals surface area contributed by atoms with E-state index in [2.05, 4.69) is 278 Å². The Labute approximate surface area is 381 Å². The summed E-state index contributed by atoms with van der Waals surface area (Å²) in [5.41, 5.74) is 19.8. The van der Waals surface area contributed by atoms with E-state index in [1.54, 1.807) is 0 Å². The summed E-state index contributed by atoms with van der Waals surface area (Å²) < 4.78 is 0. The standard InChI is InChI=1S/C64H45N/c1-5-15-46(16-6-1)50-25-27-51(28-26-50)52-31-36-61(37-32-52)65(64-45-57(35-40-63(64)54-22-11-4-12-23-54)56-30-29-49-21-13-14-24-55(49)41-56)62-38-33-53(34-39-62)60-43-58(47-17-7-2-8-18-47)42-59(44-60)48-19-9-3-10-20-48/h1-45H. The Morgan fingerprint density at radius 2 is 0.508 bits per heavy atom. The monoisotopic (exact) mass is 827 g/mol. The van der Waals surface area contributed by atoms with Gasteiger partial charge >= 0.3 is 0 Å². The third kappa shape index (κ3) is 8.27. The normalized spacial score (nSPS) is 11.1. The Kier molecular flexibility index (Phi) is 10.7. The fourth-order valence-corrected chi connectivity index (χ4v) is 9.03. The largest absolute Gasteiger partial charge is 0.310 e. The summed E-state index contributed by atoms with van der Waals surface area (Å²) >= 11 is 0. The summed E-state index contributed by atoms with van der Waals surface area (Å²) in [6.07, 6.45) is 0. The van der Waals surface area contributed by atoms with Gasteiger partial charge < -0.3 is 4.90 Å². The van der Waals surface area contributed by atoms with Crippen LogP contribution in [0.25, 0.3) is 88.7 Å². The van der Waals surface area contributed by atoms with Crippen molar-refractivity contribution in [2.45, 2.75) is 0 Å². The van der Waals surface area contributed by atoms with Crippen LogP contribution in [0, 0.1) is 0 Å². The zero-order valence-electron chi connectivity index (χ0n) is 35.9. The third-order valence-corrected chi connectivity index (χ3v) is 12.5. The van der Waals surface area contributed by atoms with Crippen LogP contribution in [0.5, 0.6) is 0 Å². The number of benzene rings is 11. The van der Waals surface area contributed by atoms with E-state index in [-0.39, 0.29) is 0 Å². The van der Waals surface area contributed by atoms with Gasteiger partial charge in [0.2, 0.25) is 0 Å². The molecule has 0 spiro atoms. The van der Waals surface area contributed by atoms with Gasteiger partial charge in [0.05, 0.1) is 5.69 Å². The fraction of sp³-hybridized carbons (Fsp3) is 0. The Morgan fingerprint density at radius 1 is 0.185 bits per heavy atom. The minimum atomic E-state index is 1.07. The Hall–Kier alpha value is -8.52. The van der Waals surface area contributed by atoms with Crippen molar-refractivity contribution in [2.24, 2.45) is 0 Å². The average molecular weight is 828 g/mol. The van der Waals surface area contributed by atoms with Crippen LogP contribution in [0.4, 0.5) is 17.1 Å². The molecule has 0 bridgehead atoms. The molecule has 0 aliphatic rings. The SMILES string of the molecule is c1ccc(-c2ccc(-c3ccc(N(c4ccc(-c5cc(-c6ccccc6)cc(-c6ccccc6)c5)cc4)c4cc(-c5ccc6ccccc6c5)ccc4-c4ccccc4)cc3)cc2)cc1. The molecule has 11 aromatic carbocycles. The molecule has 306 valence electrons. The third-order valence-electron chi connectivity index (χ3n) is 12.5. The first-order valence-electron chi connectivity index (χ1n) is 22.3. The molecular formula is C64H45N. The highest BCUT2D eigenvalue weighted by atomic mass is 15.1. The van der Waals surface area contributed by atoms with E-state index < -0.39 is 0 Å². The van der Waals surface area contributed by atoms with Crippen molar-refractivity contribution < 1.29 is 0 Å². The van der Waals surface area contributed by atoms with E-state index in [0.717, 1.165) is 39.3 Å². The van der Waals surface area contributed by atoms with Crippen LogP contribution in [-0.4, -0.2) is 0 Å². The summed E-state index contributed by atoms with van der Waals surface area (Å²) in [5, 5.41) is 2.46. The number of fused-ring (bicyclic) bond motifs is 1. The van der Waals surface area contributed by atoms with E-state index in [0.29, 0.717) is 0 Å². The Morgan fingerprint density at radius 3 is 0.985 bits per heavy atom. The summed E-state index contributed by atoms with van der Waals surface area (Å²) in [6.45, 7) is 0. The van der Waals surface area contributed by atoms with Gasteiger partial charge in [0.25, 0.3) is 0 Å². The maximum Gasteiger partial charge on any atom is 0.0546 e. The molecular weight excluding hydrogens is 783 g/mol. The van der Waals surface area contributed by atoms with Gasteiger partial charge in [-0.3, -0.25) is 0 Å². The molecule has 0 amide bonds. The van der Waals surface area contributed by atoms with E-state index in [1.165, 1.54) is 66.4 Å². The molecule has 0 radical (unpaired) electrons. The first kappa shape index (κ1) is 39.3. The minimum absolute atomic E-state index is 1.07. The molecule has 0 atom stereocenters. The van der Waals surface area contributed by atoms with Gasteiger partial charge in [-0.05, 0) is 138 Å². The summed E-state index contributed by atoms with van der Waals surface area (Å²) in [6, 6.07) is 99.0. The lowest BCUT2D eigenvalue weighted by Crippen LogP contribution is -2.11. The van der Waals surface area contributed by atoms with Crippen molar-refractivity contribution >= 4 is 27.8 Å². The lowest BCUT2D eigenvalue weighted by atomic mass is 9.93. The van der Waals surface area contributed by atoms with Crippen LogP contribution in [0.3, 0.4) is 0 Å². The first-order valence-corrected chi connectivity index (χ1v) is 22.3. The topological polar surface area (TPSA) is 3.24 Å². The summed E-state index contributed by atoms with van der Waals surface area (Å²) in [7, 11) is 0. The number of hydrogen-bond acceptors (Lipinski definition) is 1. The molecule has 1 heteroatoms. The maximum atomic E-state index is 2.43. The maximum absolute atomic E-state index is 2.43. The predicted molar refractivity (Wildman–Crippen MR) is 277 cm³/mol. The van der Waals surface area contributed by atoms with Gasteiger partial charge in [-0.1, -0.05) is 218 Å². The molecule has 0 aromatic heterocycles. The van der Waals surface area contributed by atoms with Crippen molar-refractivity contribution in [3.8, 4) is 77.9 Å². The number of rotatable bonds is 10. The van der Waals surface area contributed by atoms with Crippen molar-refractivity contribution in [3.63, 3.8) is 0 Å². The molecule has 0 saturated carbocycles. The van der Waals surface area contributed by atoms with Crippen LogP contribution in [0.1, 0.15) is 0 Å². The van der Waals surface area contributed by atoms with Gasteiger partial charge in [-0.15, -0.1) is 0 Å². The molecule has 0 unspecified atom stereocenters. The Balaban J connectivity index is 1.04. The van der Waals surface area contributed by atoms with E-state index >= 15 is 0 Å². The van der Waals surface area contributed by atoms with Crippen LogP contribution < -0.4 is 4.90 Å². The van der Waals surface area contributed by atoms with Gasteiger partial charge in [-0.25, -0.2) is 0 Å².